The lowest BCUT2D eigenvalue weighted by molar-refractivity contribution is -0.235. The highest BCUT2D eigenvalue weighted by Gasteiger charge is 2.38. The summed E-state index contributed by atoms with van der Waals surface area (Å²) < 4.78 is 22.2. The largest absolute Gasteiger partial charge is 0.462 e. The molecule has 4 atom stereocenters. The van der Waals surface area contributed by atoms with E-state index in [1.165, 1.54) is 12.1 Å². The Hall–Kier alpha value is -1.92. The fraction of sp³-hybridized carbons (Fsp3) is 0.550. The first-order valence-corrected chi connectivity index (χ1v) is 11.5. The third-order valence-electron chi connectivity index (χ3n) is 4.65. The van der Waals surface area contributed by atoms with Crippen LogP contribution in [0, 0.1) is 12.3 Å². The van der Waals surface area contributed by atoms with Crippen molar-refractivity contribution in [2.45, 2.75) is 56.7 Å². The van der Waals surface area contributed by atoms with Crippen molar-refractivity contribution >= 4 is 13.5 Å². The fourth-order valence-electron chi connectivity index (χ4n) is 2.99. The third-order valence-corrected chi connectivity index (χ3v) is 5.49. The number of carbonyl (C=O) groups is 1. The van der Waals surface area contributed by atoms with Crippen LogP contribution in [0.15, 0.2) is 24.3 Å². The summed E-state index contributed by atoms with van der Waals surface area (Å²) in [5.74, 6) is 2.62. The molecule has 1 heterocycles. The van der Waals surface area contributed by atoms with Gasteiger partial charge in [0.05, 0.1) is 18.4 Å². The maximum absolute atomic E-state index is 12.1. The van der Waals surface area contributed by atoms with Crippen molar-refractivity contribution in [1.29, 1.82) is 0 Å². The van der Waals surface area contributed by atoms with E-state index in [1.807, 2.05) is 0 Å². The van der Waals surface area contributed by atoms with Gasteiger partial charge in [-0.15, -0.1) is 12.3 Å². The van der Waals surface area contributed by atoms with Gasteiger partial charge in [-0.1, -0.05) is 0 Å². The SMILES string of the molecule is C#CCCCCNC(=O)c1ccc(O[C@H]2O[C@H](CCP(=O)(O)O)C[C@H](O)[C@@H]2O)cc1. The van der Waals surface area contributed by atoms with Crippen LogP contribution < -0.4 is 10.1 Å². The average molecular weight is 441 g/mol. The minimum absolute atomic E-state index is 0.0222. The number of amides is 1. The van der Waals surface area contributed by atoms with E-state index in [-0.39, 0.29) is 24.9 Å². The van der Waals surface area contributed by atoms with E-state index in [4.69, 9.17) is 25.7 Å². The monoisotopic (exact) mass is 441 g/mol. The number of hydrogen-bond donors (Lipinski definition) is 5. The molecule has 0 saturated carbocycles. The van der Waals surface area contributed by atoms with Crippen LogP contribution in [0.5, 0.6) is 5.75 Å². The Bertz CT molecular complexity index is 772. The molecule has 0 aromatic heterocycles. The maximum Gasteiger partial charge on any atom is 0.325 e. The molecule has 0 spiro atoms. The van der Waals surface area contributed by atoms with Gasteiger partial charge in [0.1, 0.15) is 11.9 Å². The second-order valence-corrected chi connectivity index (χ2v) is 8.93. The molecule has 0 aliphatic carbocycles. The van der Waals surface area contributed by atoms with Gasteiger partial charge in [-0.3, -0.25) is 9.36 Å². The van der Waals surface area contributed by atoms with E-state index in [9.17, 15) is 19.6 Å². The molecule has 1 saturated heterocycles. The summed E-state index contributed by atoms with van der Waals surface area (Å²) in [4.78, 5) is 30.1. The van der Waals surface area contributed by atoms with E-state index in [0.717, 1.165) is 12.8 Å². The van der Waals surface area contributed by atoms with Gasteiger partial charge in [-0.05, 0) is 43.5 Å². The van der Waals surface area contributed by atoms with E-state index in [1.54, 1.807) is 12.1 Å². The van der Waals surface area contributed by atoms with Crippen molar-refractivity contribution in [2.24, 2.45) is 0 Å². The number of ether oxygens (including phenoxy) is 2. The molecule has 1 amide bonds. The van der Waals surface area contributed by atoms with E-state index < -0.39 is 32.2 Å². The van der Waals surface area contributed by atoms with Crippen molar-refractivity contribution in [1.82, 2.24) is 5.32 Å². The Kier molecular flexibility index (Phi) is 9.31. The first kappa shape index (κ1) is 24.4. The highest BCUT2D eigenvalue weighted by molar-refractivity contribution is 7.51. The molecule has 30 heavy (non-hydrogen) atoms. The number of nitrogens with one attached hydrogen (secondary N) is 1. The van der Waals surface area contributed by atoms with Gasteiger partial charge in [0.15, 0.2) is 0 Å². The van der Waals surface area contributed by atoms with Gasteiger partial charge in [-0.25, -0.2) is 0 Å². The molecule has 9 nitrogen and oxygen atoms in total. The van der Waals surface area contributed by atoms with Crippen LogP contribution in [0.4, 0.5) is 0 Å². The zero-order valence-corrected chi connectivity index (χ0v) is 17.4. The number of unbranched alkanes of at least 4 members (excludes halogenated alkanes) is 2. The standard InChI is InChI=1S/C20H28NO8P/c1-2-3-4-5-11-21-19(24)14-6-8-15(9-7-14)28-20-18(23)17(22)13-16(29-20)10-12-30(25,26)27/h1,6-9,16-18,20,22-23H,3-5,10-13H2,(H,21,24)(H2,25,26,27)/t16-,17+,18+,20+/m1/s1. The molecule has 166 valence electrons. The number of benzene rings is 1. The van der Waals surface area contributed by atoms with Crippen molar-refractivity contribution in [2.75, 3.05) is 12.7 Å². The third kappa shape index (κ3) is 8.07. The topological polar surface area (TPSA) is 146 Å². The molecule has 1 aromatic carbocycles. The van der Waals surface area contributed by atoms with Gasteiger partial charge in [-0.2, -0.15) is 0 Å². The summed E-state index contributed by atoms with van der Waals surface area (Å²) in [6.07, 6.45) is 2.83. The van der Waals surface area contributed by atoms with Crippen LogP contribution in [0.25, 0.3) is 0 Å². The lowest BCUT2D eigenvalue weighted by Gasteiger charge is -2.37. The second-order valence-electron chi connectivity index (χ2n) is 7.16. The number of aliphatic hydroxyl groups excluding tert-OH is 2. The van der Waals surface area contributed by atoms with Crippen LogP contribution in [0.2, 0.25) is 0 Å². The van der Waals surface area contributed by atoms with Crippen LogP contribution in [0.1, 0.15) is 42.5 Å². The highest BCUT2D eigenvalue weighted by atomic mass is 31.2. The lowest BCUT2D eigenvalue weighted by Crippen LogP contribution is -2.51. The summed E-state index contributed by atoms with van der Waals surface area (Å²) in [5.41, 5.74) is 0.434. The minimum atomic E-state index is -4.19. The van der Waals surface area contributed by atoms with Crippen LogP contribution in [-0.2, 0) is 9.30 Å². The van der Waals surface area contributed by atoms with Crippen LogP contribution >= 0.6 is 7.60 Å². The Morgan fingerprint density at radius 2 is 1.97 bits per heavy atom. The Morgan fingerprint density at radius 1 is 1.27 bits per heavy atom. The zero-order chi connectivity index (χ0) is 22.1. The maximum atomic E-state index is 12.1. The van der Waals surface area contributed by atoms with Gasteiger partial charge in [0, 0.05) is 24.9 Å². The fourth-order valence-corrected chi connectivity index (χ4v) is 3.61. The number of terminal acetylenes is 1. The molecule has 5 N–H and O–H groups in total. The molecule has 1 aliphatic rings. The summed E-state index contributed by atoms with van der Waals surface area (Å²) in [5, 5.41) is 22.9. The zero-order valence-electron chi connectivity index (χ0n) is 16.5. The quantitative estimate of drug-likeness (QED) is 0.205. The molecule has 0 bridgehead atoms. The molecule has 0 unspecified atom stereocenters. The molecule has 10 heteroatoms. The predicted molar refractivity (Wildman–Crippen MR) is 109 cm³/mol. The first-order valence-electron chi connectivity index (χ1n) is 9.74. The van der Waals surface area contributed by atoms with Gasteiger partial charge < -0.3 is 34.8 Å². The lowest BCUT2D eigenvalue weighted by atomic mass is 10.0. The van der Waals surface area contributed by atoms with Crippen LogP contribution in [0.3, 0.4) is 0 Å². The number of carbonyl (C=O) groups excluding carboxylic acids is 1. The van der Waals surface area contributed by atoms with Gasteiger partial charge in [0.2, 0.25) is 6.29 Å². The molecule has 0 radical (unpaired) electrons. The molecule has 1 aromatic rings. The Labute approximate surface area is 175 Å². The Balaban J connectivity index is 1.89. The Morgan fingerprint density at radius 3 is 2.60 bits per heavy atom. The number of aliphatic hydroxyl groups is 2. The van der Waals surface area contributed by atoms with Crippen LogP contribution in [-0.4, -0.2) is 63.2 Å². The van der Waals surface area contributed by atoms with Crippen molar-refractivity contribution in [3.05, 3.63) is 29.8 Å². The summed E-state index contributed by atoms with van der Waals surface area (Å²) in [6.45, 7) is 0.523. The van der Waals surface area contributed by atoms with E-state index in [2.05, 4.69) is 11.2 Å². The average Bonchev–Trinajstić information content (AvgIpc) is 2.69. The first-order chi connectivity index (χ1) is 14.2. The predicted octanol–water partition coefficient (Wildman–Crippen LogP) is 1.00. The number of rotatable bonds is 10. The molecule has 2 rings (SSSR count). The van der Waals surface area contributed by atoms with Crippen molar-refractivity contribution < 1.29 is 38.8 Å². The summed E-state index contributed by atoms with van der Waals surface area (Å²) in [7, 11) is -4.19. The van der Waals surface area contributed by atoms with E-state index in [0.29, 0.717) is 24.3 Å². The molecular weight excluding hydrogens is 413 g/mol. The molecule has 1 aliphatic heterocycles. The summed E-state index contributed by atoms with van der Waals surface area (Å²) in [6, 6.07) is 6.19. The normalized spacial score (nSPS) is 24.1. The summed E-state index contributed by atoms with van der Waals surface area (Å²) >= 11 is 0. The number of hydrogen-bond acceptors (Lipinski definition) is 6. The van der Waals surface area contributed by atoms with E-state index >= 15 is 0 Å². The highest BCUT2D eigenvalue weighted by Crippen LogP contribution is 2.37. The minimum Gasteiger partial charge on any atom is -0.462 e. The van der Waals surface area contributed by atoms with Crippen molar-refractivity contribution in [3.8, 4) is 18.1 Å². The van der Waals surface area contributed by atoms with Crippen molar-refractivity contribution in [3.63, 3.8) is 0 Å². The molecular formula is C20H28NO8P. The van der Waals surface area contributed by atoms with Gasteiger partial charge >= 0.3 is 7.60 Å². The second kappa shape index (κ2) is 11.5. The molecule has 1 fully saturated rings. The van der Waals surface area contributed by atoms with Gasteiger partial charge in [0.25, 0.3) is 5.91 Å². The smallest absolute Gasteiger partial charge is 0.325 e.